The minimum absolute atomic E-state index is 0.736. The molecule has 0 saturated heterocycles. The first-order chi connectivity index (χ1) is 7.04. The topological polar surface area (TPSA) is 12.0 Å². The molecule has 90 valence electrons. The number of hydrogen-bond donors (Lipinski definition) is 1. The van der Waals surface area contributed by atoms with Crippen LogP contribution in [0.3, 0.4) is 0 Å². The Bertz CT molecular complexity index is 166. The lowest BCUT2D eigenvalue weighted by molar-refractivity contribution is 0.153. The predicted octanol–water partition coefficient (Wildman–Crippen LogP) is 3.69. The van der Waals surface area contributed by atoms with Gasteiger partial charge in [-0.3, -0.25) is 0 Å². The molecule has 1 rings (SSSR count). The highest BCUT2D eigenvalue weighted by Crippen LogP contribution is 2.36. The van der Waals surface area contributed by atoms with Gasteiger partial charge in [-0.15, -0.1) is 0 Å². The maximum absolute atomic E-state index is 3.69. The van der Waals surface area contributed by atoms with E-state index in [1.165, 1.54) is 19.3 Å². The Balaban J connectivity index is 2.57. The van der Waals surface area contributed by atoms with Crippen LogP contribution in [0.5, 0.6) is 0 Å². The molecule has 1 aliphatic carbocycles. The first kappa shape index (κ1) is 13.0. The molecule has 1 fully saturated rings. The van der Waals surface area contributed by atoms with Crippen LogP contribution in [0, 0.1) is 23.7 Å². The van der Waals surface area contributed by atoms with E-state index in [1.807, 2.05) is 0 Å². The highest BCUT2D eigenvalue weighted by Gasteiger charge is 2.30. The molecule has 0 radical (unpaired) electrons. The standard InChI is InChI=1S/C14H29N/c1-6-15-14(10(2)3)13-8-11(4)7-12(5)9-13/h10-15H,6-9H2,1-5H3. The van der Waals surface area contributed by atoms with E-state index in [2.05, 4.69) is 39.9 Å². The Morgan fingerprint density at radius 2 is 1.60 bits per heavy atom. The van der Waals surface area contributed by atoms with Gasteiger partial charge in [0, 0.05) is 6.04 Å². The number of nitrogens with one attached hydrogen (secondary N) is 1. The quantitative estimate of drug-likeness (QED) is 0.748. The highest BCUT2D eigenvalue weighted by atomic mass is 14.9. The number of hydrogen-bond acceptors (Lipinski definition) is 1. The van der Waals surface area contributed by atoms with Crippen LogP contribution in [-0.2, 0) is 0 Å². The molecule has 1 N–H and O–H groups in total. The van der Waals surface area contributed by atoms with Crippen molar-refractivity contribution >= 4 is 0 Å². The molecule has 0 aromatic heterocycles. The lowest BCUT2D eigenvalue weighted by Gasteiger charge is -2.38. The van der Waals surface area contributed by atoms with Crippen LogP contribution in [0.1, 0.15) is 53.9 Å². The summed E-state index contributed by atoms with van der Waals surface area (Å²) in [6, 6.07) is 0.736. The van der Waals surface area contributed by atoms with Crippen molar-refractivity contribution in [3.63, 3.8) is 0 Å². The SMILES string of the molecule is CCNC(C(C)C)C1CC(C)CC(C)C1. The second-order valence-corrected chi connectivity index (χ2v) is 6.01. The third kappa shape index (κ3) is 3.79. The van der Waals surface area contributed by atoms with Crippen LogP contribution in [-0.4, -0.2) is 12.6 Å². The molecule has 1 saturated carbocycles. The Morgan fingerprint density at radius 3 is 2.00 bits per heavy atom. The van der Waals surface area contributed by atoms with E-state index in [9.17, 15) is 0 Å². The first-order valence-corrected chi connectivity index (χ1v) is 6.77. The summed E-state index contributed by atoms with van der Waals surface area (Å²) in [5.74, 6) is 3.54. The zero-order chi connectivity index (χ0) is 11.4. The van der Waals surface area contributed by atoms with Crippen LogP contribution in [0.4, 0.5) is 0 Å². The van der Waals surface area contributed by atoms with Gasteiger partial charge in [-0.05, 0) is 49.5 Å². The Kier molecular flexibility index (Phi) is 5.11. The molecule has 0 spiro atoms. The molecule has 3 atom stereocenters. The molecule has 1 aliphatic rings. The summed E-state index contributed by atoms with van der Waals surface area (Å²) in [6.07, 6.45) is 4.30. The van der Waals surface area contributed by atoms with E-state index >= 15 is 0 Å². The second-order valence-electron chi connectivity index (χ2n) is 6.01. The van der Waals surface area contributed by atoms with E-state index in [0.29, 0.717) is 0 Å². The van der Waals surface area contributed by atoms with E-state index in [1.54, 1.807) is 0 Å². The lowest BCUT2D eigenvalue weighted by Crippen LogP contribution is -2.43. The van der Waals surface area contributed by atoms with E-state index in [-0.39, 0.29) is 0 Å². The first-order valence-electron chi connectivity index (χ1n) is 6.77. The largest absolute Gasteiger partial charge is 0.314 e. The zero-order valence-electron chi connectivity index (χ0n) is 11.2. The molecule has 0 heterocycles. The highest BCUT2D eigenvalue weighted by molar-refractivity contribution is 4.85. The average molecular weight is 211 g/mol. The number of rotatable bonds is 4. The van der Waals surface area contributed by atoms with Gasteiger partial charge in [0.2, 0.25) is 0 Å². The van der Waals surface area contributed by atoms with Crippen LogP contribution in [0.25, 0.3) is 0 Å². The Labute approximate surface area is 96.0 Å². The molecule has 1 heteroatoms. The smallest absolute Gasteiger partial charge is 0.0118 e. The van der Waals surface area contributed by atoms with Gasteiger partial charge >= 0.3 is 0 Å². The van der Waals surface area contributed by atoms with E-state index in [0.717, 1.165) is 36.3 Å². The molecule has 3 unspecified atom stereocenters. The van der Waals surface area contributed by atoms with Crippen molar-refractivity contribution in [1.29, 1.82) is 0 Å². The predicted molar refractivity (Wildman–Crippen MR) is 68.0 cm³/mol. The fourth-order valence-corrected chi connectivity index (χ4v) is 3.48. The Morgan fingerprint density at radius 1 is 1.07 bits per heavy atom. The van der Waals surface area contributed by atoms with Gasteiger partial charge < -0.3 is 5.32 Å². The van der Waals surface area contributed by atoms with Gasteiger partial charge in [-0.1, -0.05) is 34.6 Å². The molecular weight excluding hydrogens is 182 g/mol. The Hall–Kier alpha value is -0.0400. The van der Waals surface area contributed by atoms with Gasteiger partial charge in [0.15, 0.2) is 0 Å². The molecule has 0 bridgehead atoms. The van der Waals surface area contributed by atoms with Gasteiger partial charge in [0.25, 0.3) is 0 Å². The van der Waals surface area contributed by atoms with E-state index < -0.39 is 0 Å². The maximum atomic E-state index is 3.69. The minimum atomic E-state index is 0.736. The van der Waals surface area contributed by atoms with Gasteiger partial charge in [0.1, 0.15) is 0 Å². The summed E-state index contributed by atoms with van der Waals surface area (Å²) in [6.45, 7) is 12.9. The summed E-state index contributed by atoms with van der Waals surface area (Å²) in [4.78, 5) is 0. The van der Waals surface area contributed by atoms with Gasteiger partial charge in [0.05, 0.1) is 0 Å². The third-order valence-electron chi connectivity index (χ3n) is 3.88. The molecule has 1 nitrogen and oxygen atoms in total. The van der Waals surface area contributed by atoms with Gasteiger partial charge in [-0.2, -0.15) is 0 Å². The summed E-state index contributed by atoms with van der Waals surface area (Å²) in [5.41, 5.74) is 0. The molecular formula is C14H29N. The fourth-order valence-electron chi connectivity index (χ4n) is 3.48. The normalized spacial score (nSPS) is 34.4. The van der Waals surface area contributed by atoms with Crippen LogP contribution < -0.4 is 5.32 Å². The van der Waals surface area contributed by atoms with Crippen molar-refractivity contribution in [2.24, 2.45) is 23.7 Å². The van der Waals surface area contributed by atoms with E-state index in [4.69, 9.17) is 0 Å². The van der Waals surface area contributed by atoms with Gasteiger partial charge in [-0.25, -0.2) is 0 Å². The summed E-state index contributed by atoms with van der Waals surface area (Å²) < 4.78 is 0. The molecule has 0 aromatic carbocycles. The van der Waals surface area contributed by atoms with Crippen LogP contribution in [0.15, 0.2) is 0 Å². The zero-order valence-corrected chi connectivity index (χ0v) is 11.2. The van der Waals surface area contributed by atoms with Crippen molar-refractivity contribution in [1.82, 2.24) is 5.32 Å². The molecule has 15 heavy (non-hydrogen) atoms. The second kappa shape index (κ2) is 5.89. The van der Waals surface area contributed by atoms with Crippen molar-refractivity contribution < 1.29 is 0 Å². The van der Waals surface area contributed by atoms with Crippen molar-refractivity contribution in [2.45, 2.75) is 59.9 Å². The van der Waals surface area contributed by atoms with Crippen LogP contribution >= 0.6 is 0 Å². The molecule has 0 amide bonds. The van der Waals surface area contributed by atoms with Crippen molar-refractivity contribution in [3.8, 4) is 0 Å². The minimum Gasteiger partial charge on any atom is -0.314 e. The maximum Gasteiger partial charge on any atom is 0.0118 e. The monoisotopic (exact) mass is 211 g/mol. The summed E-state index contributed by atoms with van der Waals surface area (Å²) in [5, 5.41) is 3.69. The lowest BCUT2D eigenvalue weighted by atomic mass is 9.71. The molecule has 0 aliphatic heterocycles. The fraction of sp³-hybridized carbons (Fsp3) is 1.00. The van der Waals surface area contributed by atoms with Crippen LogP contribution in [0.2, 0.25) is 0 Å². The molecule has 0 aromatic rings. The summed E-state index contributed by atoms with van der Waals surface area (Å²) >= 11 is 0. The third-order valence-corrected chi connectivity index (χ3v) is 3.88. The van der Waals surface area contributed by atoms with Crippen molar-refractivity contribution in [2.75, 3.05) is 6.54 Å². The average Bonchev–Trinajstić information content (AvgIpc) is 2.11. The summed E-state index contributed by atoms with van der Waals surface area (Å²) in [7, 11) is 0. The van der Waals surface area contributed by atoms with Crippen molar-refractivity contribution in [3.05, 3.63) is 0 Å².